The summed E-state index contributed by atoms with van der Waals surface area (Å²) in [6.07, 6.45) is 0. The summed E-state index contributed by atoms with van der Waals surface area (Å²) in [4.78, 5) is 10.1. The Morgan fingerprint density at radius 3 is 1.63 bits per heavy atom. The zero-order valence-electron chi connectivity index (χ0n) is 17.3. The zero-order chi connectivity index (χ0) is 19.1. The van der Waals surface area contributed by atoms with E-state index in [9.17, 15) is 0 Å². The number of hydrogen-bond acceptors (Lipinski definition) is 4. The molecule has 4 rings (SSSR count). The van der Waals surface area contributed by atoms with E-state index in [1.54, 1.807) is 0 Å². The van der Waals surface area contributed by atoms with Crippen LogP contribution in [0.25, 0.3) is 0 Å². The highest BCUT2D eigenvalue weighted by Crippen LogP contribution is 2.40. The standard InChI is InChI=1S/C23H32N4/c1-17(2)25-15-24(20-10-6-7-11-21(20)25)14-19(5)27-16-26(18(3)4)22-12-8-9-13-23(22)27/h6-13,17-19H,14-16H2,1-5H3. The lowest BCUT2D eigenvalue weighted by molar-refractivity contribution is 0.589. The molecule has 2 aromatic rings. The van der Waals surface area contributed by atoms with Crippen molar-refractivity contribution in [3.8, 4) is 0 Å². The molecule has 0 fully saturated rings. The molecule has 0 N–H and O–H groups in total. The SMILES string of the molecule is CC(C)N1CN(CC(C)N2CN(C(C)C)c3ccccc32)c2ccccc21. The smallest absolute Gasteiger partial charge is 0.0910 e. The summed E-state index contributed by atoms with van der Waals surface area (Å²) in [6, 6.07) is 19.1. The zero-order valence-corrected chi connectivity index (χ0v) is 17.3. The van der Waals surface area contributed by atoms with Gasteiger partial charge in [0.1, 0.15) is 0 Å². The maximum atomic E-state index is 2.57. The lowest BCUT2D eigenvalue weighted by Crippen LogP contribution is -2.46. The molecule has 2 aliphatic rings. The van der Waals surface area contributed by atoms with Crippen molar-refractivity contribution < 1.29 is 0 Å². The van der Waals surface area contributed by atoms with Gasteiger partial charge in [-0.1, -0.05) is 24.3 Å². The van der Waals surface area contributed by atoms with Crippen molar-refractivity contribution in [3.05, 3.63) is 48.5 Å². The van der Waals surface area contributed by atoms with Crippen LogP contribution in [-0.4, -0.2) is 38.0 Å². The summed E-state index contributed by atoms with van der Waals surface area (Å²) in [5, 5.41) is 0. The Bertz CT molecular complexity index is 800. The van der Waals surface area contributed by atoms with Crippen LogP contribution in [0.2, 0.25) is 0 Å². The minimum atomic E-state index is 0.440. The van der Waals surface area contributed by atoms with Crippen LogP contribution in [0, 0.1) is 0 Å². The Kier molecular flexibility index (Phi) is 4.67. The number of nitrogens with zero attached hydrogens (tertiary/aromatic N) is 4. The van der Waals surface area contributed by atoms with Gasteiger partial charge >= 0.3 is 0 Å². The molecule has 27 heavy (non-hydrogen) atoms. The van der Waals surface area contributed by atoms with Gasteiger partial charge in [0, 0.05) is 24.7 Å². The van der Waals surface area contributed by atoms with Crippen LogP contribution in [0.1, 0.15) is 34.6 Å². The van der Waals surface area contributed by atoms with Gasteiger partial charge in [0.15, 0.2) is 0 Å². The third-order valence-corrected chi connectivity index (χ3v) is 5.92. The maximum absolute atomic E-state index is 2.57. The third kappa shape index (κ3) is 3.11. The quantitative estimate of drug-likeness (QED) is 0.758. The number of benzene rings is 2. The average molecular weight is 365 g/mol. The average Bonchev–Trinajstić information content (AvgIpc) is 3.21. The van der Waals surface area contributed by atoms with Gasteiger partial charge in [-0.3, -0.25) is 0 Å². The van der Waals surface area contributed by atoms with E-state index in [2.05, 4.69) is 103 Å². The van der Waals surface area contributed by atoms with Crippen molar-refractivity contribution >= 4 is 22.7 Å². The molecule has 0 spiro atoms. The Balaban J connectivity index is 1.56. The van der Waals surface area contributed by atoms with Crippen molar-refractivity contribution in [1.82, 2.24) is 0 Å². The molecule has 0 aliphatic carbocycles. The van der Waals surface area contributed by atoms with Crippen LogP contribution in [-0.2, 0) is 0 Å². The Labute approximate surface area is 164 Å². The van der Waals surface area contributed by atoms with E-state index in [4.69, 9.17) is 0 Å². The second kappa shape index (κ2) is 6.99. The summed E-state index contributed by atoms with van der Waals surface area (Å²) < 4.78 is 0. The summed E-state index contributed by atoms with van der Waals surface area (Å²) in [7, 11) is 0. The van der Waals surface area contributed by atoms with Gasteiger partial charge < -0.3 is 19.6 Å². The predicted molar refractivity (Wildman–Crippen MR) is 117 cm³/mol. The monoisotopic (exact) mass is 364 g/mol. The van der Waals surface area contributed by atoms with E-state index in [1.165, 1.54) is 22.7 Å². The van der Waals surface area contributed by atoms with Crippen LogP contribution in [0.15, 0.2) is 48.5 Å². The van der Waals surface area contributed by atoms with E-state index in [1.807, 2.05) is 0 Å². The Morgan fingerprint density at radius 1 is 0.630 bits per heavy atom. The van der Waals surface area contributed by atoms with E-state index in [0.717, 1.165) is 19.9 Å². The maximum Gasteiger partial charge on any atom is 0.0910 e. The molecule has 1 unspecified atom stereocenters. The molecule has 0 amide bonds. The first-order valence-electron chi connectivity index (χ1n) is 10.2. The van der Waals surface area contributed by atoms with Crippen LogP contribution in [0.3, 0.4) is 0 Å². The highest BCUT2D eigenvalue weighted by molar-refractivity contribution is 5.78. The molecular weight excluding hydrogens is 332 g/mol. The fourth-order valence-electron chi connectivity index (χ4n) is 4.41. The Hall–Kier alpha value is -2.36. The van der Waals surface area contributed by atoms with Crippen molar-refractivity contribution in [2.45, 2.75) is 52.7 Å². The minimum Gasteiger partial charge on any atom is -0.350 e. The number of anilines is 4. The molecule has 4 heteroatoms. The summed E-state index contributed by atoms with van der Waals surface area (Å²) in [5.41, 5.74) is 5.47. The van der Waals surface area contributed by atoms with Gasteiger partial charge in [-0.2, -0.15) is 0 Å². The molecule has 4 nitrogen and oxygen atoms in total. The topological polar surface area (TPSA) is 13.0 Å². The molecule has 1 atom stereocenters. The lowest BCUT2D eigenvalue weighted by Gasteiger charge is -2.33. The van der Waals surface area contributed by atoms with E-state index >= 15 is 0 Å². The summed E-state index contributed by atoms with van der Waals surface area (Å²) in [6.45, 7) is 14.5. The third-order valence-electron chi connectivity index (χ3n) is 5.92. The normalized spacial score (nSPS) is 17.1. The van der Waals surface area contributed by atoms with E-state index in [-0.39, 0.29) is 0 Å². The molecule has 0 saturated carbocycles. The van der Waals surface area contributed by atoms with Crippen LogP contribution in [0.4, 0.5) is 22.7 Å². The number of para-hydroxylation sites is 4. The Morgan fingerprint density at radius 2 is 1.07 bits per heavy atom. The summed E-state index contributed by atoms with van der Waals surface area (Å²) >= 11 is 0. The number of rotatable bonds is 5. The van der Waals surface area contributed by atoms with Gasteiger partial charge in [-0.05, 0) is 58.9 Å². The van der Waals surface area contributed by atoms with Gasteiger partial charge in [0.2, 0.25) is 0 Å². The van der Waals surface area contributed by atoms with Gasteiger partial charge in [0.25, 0.3) is 0 Å². The first kappa shape index (κ1) is 18.0. The van der Waals surface area contributed by atoms with E-state index < -0.39 is 0 Å². The van der Waals surface area contributed by atoms with Crippen molar-refractivity contribution in [2.24, 2.45) is 0 Å². The molecule has 0 saturated heterocycles. The molecule has 0 aromatic heterocycles. The fraction of sp³-hybridized carbons (Fsp3) is 0.478. The first-order chi connectivity index (χ1) is 13.0. The molecule has 144 valence electrons. The first-order valence-corrected chi connectivity index (χ1v) is 10.2. The van der Waals surface area contributed by atoms with Crippen molar-refractivity contribution in [1.29, 1.82) is 0 Å². The van der Waals surface area contributed by atoms with Crippen molar-refractivity contribution in [3.63, 3.8) is 0 Å². The number of hydrogen-bond donors (Lipinski definition) is 0. The van der Waals surface area contributed by atoms with Gasteiger partial charge in [-0.15, -0.1) is 0 Å². The second-order valence-electron chi connectivity index (χ2n) is 8.43. The minimum absolute atomic E-state index is 0.440. The van der Waals surface area contributed by atoms with E-state index in [0.29, 0.717) is 18.1 Å². The molecule has 0 bridgehead atoms. The van der Waals surface area contributed by atoms with Crippen LogP contribution >= 0.6 is 0 Å². The lowest BCUT2D eigenvalue weighted by atomic mass is 10.2. The van der Waals surface area contributed by atoms with Gasteiger partial charge in [0.05, 0.1) is 36.1 Å². The van der Waals surface area contributed by atoms with Gasteiger partial charge in [-0.25, -0.2) is 0 Å². The summed E-state index contributed by atoms with van der Waals surface area (Å²) in [5.74, 6) is 0. The van der Waals surface area contributed by atoms with Crippen LogP contribution < -0.4 is 19.6 Å². The molecule has 2 heterocycles. The molecule has 0 radical (unpaired) electrons. The highest BCUT2D eigenvalue weighted by Gasteiger charge is 2.33. The highest BCUT2D eigenvalue weighted by atomic mass is 15.4. The van der Waals surface area contributed by atoms with Crippen molar-refractivity contribution in [2.75, 3.05) is 39.5 Å². The predicted octanol–water partition coefficient (Wildman–Crippen LogP) is 4.76. The molecular formula is C23H32N4. The van der Waals surface area contributed by atoms with Crippen LogP contribution in [0.5, 0.6) is 0 Å². The fourth-order valence-corrected chi connectivity index (χ4v) is 4.41. The second-order valence-corrected chi connectivity index (χ2v) is 8.43. The largest absolute Gasteiger partial charge is 0.350 e. The molecule has 2 aliphatic heterocycles. The number of fused-ring (bicyclic) bond motifs is 2. The molecule has 2 aromatic carbocycles.